The van der Waals surface area contributed by atoms with E-state index in [1.165, 1.54) is 0 Å². The number of likely N-dealkylation sites (tertiary alicyclic amines) is 1. The number of aromatic amines is 1. The van der Waals surface area contributed by atoms with Crippen LogP contribution in [0.4, 0.5) is 5.95 Å². The van der Waals surface area contributed by atoms with E-state index < -0.39 is 0 Å². The number of hydrogen-bond donors (Lipinski definition) is 1. The number of aromatic nitrogens is 4. The van der Waals surface area contributed by atoms with Crippen molar-refractivity contribution in [3.63, 3.8) is 0 Å². The second kappa shape index (κ2) is 9.26. The van der Waals surface area contributed by atoms with Crippen LogP contribution in [-0.2, 0) is 11.3 Å². The van der Waals surface area contributed by atoms with E-state index in [0.29, 0.717) is 24.7 Å². The summed E-state index contributed by atoms with van der Waals surface area (Å²) in [5.74, 6) is 0.666. The summed E-state index contributed by atoms with van der Waals surface area (Å²) in [6.45, 7) is 3.92. The second-order valence-corrected chi connectivity index (χ2v) is 7.82. The Morgan fingerprint density at radius 3 is 2.81 bits per heavy atom. The van der Waals surface area contributed by atoms with Gasteiger partial charge in [0.2, 0.25) is 5.95 Å². The molecular weight excluding hydrogens is 392 g/mol. The van der Waals surface area contributed by atoms with Crippen molar-refractivity contribution < 1.29 is 9.53 Å². The van der Waals surface area contributed by atoms with Crippen LogP contribution < -0.4 is 4.90 Å². The van der Waals surface area contributed by atoms with E-state index in [2.05, 4.69) is 20.2 Å². The Bertz CT molecular complexity index is 1030. The van der Waals surface area contributed by atoms with Crippen LogP contribution in [0.5, 0.6) is 0 Å². The average Bonchev–Trinajstić information content (AvgIpc) is 3.47. The molecule has 3 aromatic rings. The number of carbonyl (C=O) groups excluding carboxylic acids is 1. The van der Waals surface area contributed by atoms with Gasteiger partial charge >= 0.3 is 0 Å². The lowest BCUT2D eigenvalue weighted by atomic mass is 10.0. The lowest BCUT2D eigenvalue weighted by molar-refractivity contribution is 0.0733. The zero-order chi connectivity index (χ0) is 21.8. The van der Waals surface area contributed by atoms with Gasteiger partial charge in [-0.15, -0.1) is 0 Å². The first-order chi connectivity index (χ1) is 15.1. The standard InChI is InChI=1S/C23H28N6O2/c1-4-31-15-16-7-9-17(10-8-16)22(30)29-13-5-6-20(29)21-18(14-25-27-21)19-11-12-24-23(26-19)28(2)3/h7-12,14,20H,4-6,13,15H2,1-3H3,(H,25,27). The van der Waals surface area contributed by atoms with Crippen LogP contribution in [-0.4, -0.2) is 58.2 Å². The number of rotatable bonds is 7. The summed E-state index contributed by atoms with van der Waals surface area (Å²) in [6.07, 6.45) is 5.36. The van der Waals surface area contributed by atoms with Gasteiger partial charge in [0, 0.05) is 44.6 Å². The Hall–Kier alpha value is -3.26. The van der Waals surface area contributed by atoms with Crippen molar-refractivity contribution in [1.29, 1.82) is 0 Å². The Morgan fingerprint density at radius 1 is 1.26 bits per heavy atom. The molecule has 1 saturated heterocycles. The molecule has 0 saturated carbocycles. The zero-order valence-corrected chi connectivity index (χ0v) is 18.2. The highest BCUT2D eigenvalue weighted by atomic mass is 16.5. The van der Waals surface area contributed by atoms with Gasteiger partial charge < -0.3 is 14.5 Å². The van der Waals surface area contributed by atoms with E-state index in [-0.39, 0.29) is 11.9 Å². The van der Waals surface area contributed by atoms with Gasteiger partial charge in [0.05, 0.1) is 30.2 Å². The summed E-state index contributed by atoms with van der Waals surface area (Å²) < 4.78 is 5.44. The molecule has 0 bridgehead atoms. The molecule has 3 heterocycles. The monoisotopic (exact) mass is 420 g/mol. The van der Waals surface area contributed by atoms with Crippen LogP contribution in [0.15, 0.2) is 42.7 Å². The summed E-state index contributed by atoms with van der Waals surface area (Å²) in [5, 5.41) is 7.40. The predicted octanol–water partition coefficient (Wildman–Crippen LogP) is 3.45. The summed E-state index contributed by atoms with van der Waals surface area (Å²) in [6, 6.07) is 9.49. The smallest absolute Gasteiger partial charge is 0.254 e. The number of benzene rings is 1. The van der Waals surface area contributed by atoms with Crippen molar-refractivity contribution in [2.24, 2.45) is 0 Å². The maximum absolute atomic E-state index is 13.3. The van der Waals surface area contributed by atoms with Crippen molar-refractivity contribution in [3.8, 4) is 11.3 Å². The number of H-pyrrole nitrogens is 1. The number of ether oxygens (including phenoxy) is 1. The van der Waals surface area contributed by atoms with Crippen LogP contribution in [0.2, 0.25) is 0 Å². The highest BCUT2D eigenvalue weighted by Crippen LogP contribution is 2.37. The number of amides is 1. The van der Waals surface area contributed by atoms with Crippen LogP contribution >= 0.6 is 0 Å². The first-order valence-electron chi connectivity index (χ1n) is 10.6. The number of carbonyl (C=O) groups is 1. The van der Waals surface area contributed by atoms with E-state index in [4.69, 9.17) is 4.74 Å². The Morgan fingerprint density at radius 2 is 2.06 bits per heavy atom. The van der Waals surface area contributed by atoms with Crippen LogP contribution in [0.25, 0.3) is 11.3 Å². The number of nitrogens with zero attached hydrogens (tertiary/aromatic N) is 5. The summed E-state index contributed by atoms with van der Waals surface area (Å²) in [4.78, 5) is 26.0. The number of anilines is 1. The Labute approximate surface area is 182 Å². The molecule has 8 nitrogen and oxygen atoms in total. The average molecular weight is 421 g/mol. The molecule has 0 radical (unpaired) electrons. The largest absolute Gasteiger partial charge is 0.377 e. The molecule has 0 aliphatic carbocycles. The van der Waals surface area contributed by atoms with E-state index >= 15 is 0 Å². The first-order valence-corrected chi connectivity index (χ1v) is 10.6. The van der Waals surface area contributed by atoms with Gasteiger partial charge in [0.15, 0.2) is 0 Å². The fourth-order valence-corrected chi connectivity index (χ4v) is 3.91. The van der Waals surface area contributed by atoms with Crippen molar-refractivity contribution in [3.05, 3.63) is 59.5 Å². The number of nitrogens with one attached hydrogen (secondary N) is 1. The third-order valence-electron chi connectivity index (χ3n) is 5.51. The molecule has 0 spiro atoms. The third-order valence-corrected chi connectivity index (χ3v) is 5.51. The lowest BCUT2D eigenvalue weighted by Gasteiger charge is -2.25. The van der Waals surface area contributed by atoms with Gasteiger partial charge in [-0.05, 0) is 43.5 Å². The molecule has 1 atom stereocenters. The van der Waals surface area contributed by atoms with Crippen molar-refractivity contribution >= 4 is 11.9 Å². The highest BCUT2D eigenvalue weighted by Gasteiger charge is 2.33. The van der Waals surface area contributed by atoms with E-state index in [1.54, 1.807) is 12.4 Å². The molecule has 1 N–H and O–H groups in total. The summed E-state index contributed by atoms with van der Waals surface area (Å²) in [5.41, 5.74) is 4.37. The quantitative estimate of drug-likeness (QED) is 0.630. The molecule has 162 valence electrons. The molecule has 1 amide bonds. The molecule has 8 heteroatoms. The topological polar surface area (TPSA) is 87.2 Å². The number of hydrogen-bond acceptors (Lipinski definition) is 6. The second-order valence-electron chi connectivity index (χ2n) is 7.82. The fraction of sp³-hybridized carbons (Fsp3) is 0.391. The Kier molecular flexibility index (Phi) is 6.27. The molecule has 1 aliphatic heterocycles. The molecular formula is C23H28N6O2. The van der Waals surface area contributed by atoms with Gasteiger partial charge in [-0.3, -0.25) is 9.89 Å². The SMILES string of the molecule is CCOCc1ccc(C(=O)N2CCCC2c2[nH]ncc2-c2ccnc(N(C)C)n2)cc1. The van der Waals surface area contributed by atoms with Crippen molar-refractivity contribution in [2.75, 3.05) is 32.1 Å². The van der Waals surface area contributed by atoms with Gasteiger partial charge in [0.25, 0.3) is 5.91 Å². The van der Waals surface area contributed by atoms with Crippen LogP contribution in [0.3, 0.4) is 0 Å². The molecule has 1 fully saturated rings. The lowest BCUT2D eigenvalue weighted by Crippen LogP contribution is -2.31. The van der Waals surface area contributed by atoms with Crippen molar-refractivity contribution in [2.45, 2.75) is 32.4 Å². The van der Waals surface area contributed by atoms with E-state index in [0.717, 1.165) is 41.9 Å². The maximum atomic E-state index is 13.3. The molecule has 2 aromatic heterocycles. The van der Waals surface area contributed by atoms with Crippen molar-refractivity contribution in [1.82, 2.24) is 25.1 Å². The maximum Gasteiger partial charge on any atom is 0.254 e. The van der Waals surface area contributed by atoms with Crippen LogP contribution in [0.1, 0.15) is 47.4 Å². The molecule has 1 aliphatic rings. The predicted molar refractivity (Wildman–Crippen MR) is 119 cm³/mol. The van der Waals surface area contributed by atoms with Crippen LogP contribution in [0, 0.1) is 0 Å². The minimum Gasteiger partial charge on any atom is -0.377 e. The minimum atomic E-state index is -0.0640. The molecule has 1 aromatic carbocycles. The summed E-state index contributed by atoms with van der Waals surface area (Å²) >= 11 is 0. The van der Waals surface area contributed by atoms with E-state index in [1.807, 2.05) is 61.2 Å². The molecule has 1 unspecified atom stereocenters. The third kappa shape index (κ3) is 4.44. The van der Waals surface area contributed by atoms with Gasteiger partial charge in [-0.2, -0.15) is 5.10 Å². The minimum absolute atomic E-state index is 0.0303. The van der Waals surface area contributed by atoms with Gasteiger partial charge in [0.1, 0.15) is 0 Å². The molecule has 31 heavy (non-hydrogen) atoms. The van der Waals surface area contributed by atoms with E-state index in [9.17, 15) is 4.79 Å². The molecule has 4 rings (SSSR count). The fourth-order valence-electron chi connectivity index (χ4n) is 3.91. The summed E-state index contributed by atoms with van der Waals surface area (Å²) in [7, 11) is 3.82. The first kappa shape index (κ1) is 21.0. The van der Waals surface area contributed by atoms with Gasteiger partial charge in [-0.1, -0.05) is 12.1 Å². The highest BCUT2D eigenvalue weighted by molar-refractivity contribution is 5.94. The Balaban J connectivity index is 1.58. The normalized spacial score (nSPS) is 16.0. The van der Waals surface area contributed by atoms with Gasteiger partial charge in [-0.25, -0.2) is 9.97 Å². The zero-order valence-electron chi connectivity index (χ0n) is 18.2.